The van der Waals surface area contributed by atoms with Gasteiger partial charge in [0.2, 0.25) is 0 Å². The van der Waals surface area contributed by atoms with E-state index in [0.717, 1.165) is 77.2 Å². The molecule has 0 bridgehead atoms. The second-order valence-electron chi connectivity index (χ2n) is 12.3. The highest BCUT2D eigenvalue weighted by atomic mass is 15.0. The van der Waals surface area contributed by atoms with Crippen LogP contribution in [-0.2, 0) is 0 Å². The van der Waals surface area contributed by atoms with Crippen molar-refractivity contribution in [3.05, 3.63) is 168 Å². The Labute approximate surface area is 287 Å². The first-order valence-electron chi connectivity index (χ1n) is 16.3. The highest BCUT2D eigenvalue weighted by Gasteiger charge is 2.19. The topological polar surface area (TPSA) is 81.2 Å². The predicted octanol–water partition coefficient (Wildman–Crippen LogP) is 10.8. The SMILES string of the molecule is N#Cc1cc(-c2ccc(-c3c(C#N)cccc3-n3c4ccccc4c4ccccc43)cc2)cc(-n2c3ccccc3c3cc(C#N)ccc32)c1. The van der Waals surface area contributed by atoms with E-state index in [1.54, 1.807) is 0 Å². The third kappa shape index (κ3) is 4.38. The molecule has 2 aromatic heterocycles. The second-order valence-corrected chi connectivity index (χ2v) is 12.3. The molecule has 0 N–H and O–H groups in total. The van der Waals surface area contributed by atoms with Crippen molar-refractivity contribution in [1.29, 1.82) is 15.8 Å². The van der Waals surface area contributed by atoms with Gasteiger partial charge in [-0.15, -0.1) is 0 Å². The fraction of sp³-hybridized carbons (Fsp3) is 0. The van der Waals surface area contributed by atoms with Gasteiger partial charge in [-0.25, -0.2) is 0 Å². The first-order valence-corrected chi connectivity index (χ1v) is 16.3. The van der Waals surface area contributed by atoms with E-state index in [1.165, 1.54) is 0 Å². The van der Waals surface area contributed by atoms with Gasteiger partial charge in [0.05, 0.1) is 62.7 Å². The molecule has 0 unspecified atom stereocenters. The van der Waals surface area contributed by atoms with Crippen molar-refractivity contribution in [2.24, 2.45) is 0 Å². The van der Waals surface area contributed by atoms with E-state index in [2.05, 4.69) is 112 Å². The molecule has 0 aliphatic heterocycles. The van der Waals surface area contributed by atoms with E-state index in [1.807, 2.05) is 66.7 Å². The smallest absolute Gasteiger partial charge is 0.0998 e. The Balaban J connectivity index is 1.20. The summed E-state index contributed by atoms with van der Waals surface area (Å²) < 4.78 is 4.41. The predicted molar refractivity (Wildman–Crippen MR) is 200 cm³/mol. The largest absolute Gasteiger partial charge is 0.309 e. The Kier molecular flexibility index (Phi) is 6.56. The van der Waals surface area contributed by atoms with E-state index < -0.39 is 0 Å². The zero-order chi connectivity index (χ0) is 33.8. The second kappa shape index (κ2) is 11.4. The zero-order valence-corrected chi connectivity index (χ0v) is 26.7. The van der Waals surface area contributed by atoms with Crippen molar-refractivity contribution in [1.82, 2.24) is 9.13 Å². The molecule has 0 fully saturated rings. The van der Waals surface area contributed by atoms with Crippen LogP contribution in [0, 0.1) is 34.0 Å². The van der Waals surface area contributed by atoms with Crippen LogP contribution in [0.4, 0.5) is 0 Å². The molecule has 0 amide bonds. The molecule has 0 aliphatic carbocycles. The third-order valence-electron chi connectivity index (χ3n) is 9.60. The van der Waals surface area contributed by atoms with Gasteiger partial charge in [0.25, 0.3) is 0 Å². The summed E-state index contributed by atoms with van der Waals surface area (Å²) in [6.45, 7) is 0. The normalized spacial score (nSPS) is 11.1. The molecular formula is C45H25N5. The zero-order valence-electron chi connectivity index (χ0n) is 26.7. The molecule has 2 heterocycles. The summed E-state index contributed by atoms with van der Waals surface area (Å²) in [5.41, 5.74) is 11.3. The van der Waals surface area contributed by atoms with Crippen molar-refractivity contribution in [3.8, 4) is 51.8 Å². The number of hydrogen-bond acceptors (Lipinski definition) is 3. The standard InChI is InChI=1S/C45H25N5/c46-26-29-16-21-43-39(24-29)38-11-3-4-12-40(38)49(43)35-23-30(27-47)22-34(25-35)31-17-19-32(20-18-31)45-33(28-48)8-7-15-44(45)50-41-13-5-1-9-36(41)37-10-2-6-14-42(37)50/h1-25H. The maximum Gasteiger partial charge on any atom is 0.0998 e. The first kappa shape index (κ1) is 28.8. The van der Waals surface area contributed by atoms with Crippen LogP contribution in [0.2, 0.25) is 0 Å². The lowest BCUT2D eigenvalue weighted by molar-refractivity contribution is 1.18. The fourth-order valence-corrected chi connectivity index (χ4v) is 7.43. The monoisotopic (exact) mass is 635 g/mol. The van der Waals surface area contributed by atoms with Gasteiger partial charge >= 0.3 is 0 Å². The van der Waals surface area contributed by atoms with Gasteiger partial charge in [0.15, 0.2) is 0 Å². The molecule has 0 saturated heterocycles. The minimum absolute atomic E-state index is 0.546. The molecule has 50 heavy (non-hydrogen) atoms. The van der Waals surface area contributed by atoms with Gasteiger partial charge in [0, 0.05) is 32.8 Å². The number of para-hydroxylation sites is 3. The van der Waals surface area contributed by atoms with Gasteiger partial charge in [0.1, 0.15) is 0 Å². The van der Waals surface area contributed by atoms with Gasteiger partial charge < -0.3 is 9.13 Å². The number of benzene rings is 7. The molecule has 230 valence electrons. The lowest BCUT2D eigenvalue weighted by atomic mass is 9.95. The van der Waals surface area contributed by atoms with Gasteiger partial charge in [-0.2, -0.15) is 15.8 Å². The summed E-state index contributed by atoms with van der Waals surface area (Å²) >= 11 is 0. The quantitative estimate of drug-likeness (QED) is 0.193. The average molecular weight is 636 g/mol. The molecule has 9 rings (SSSR count). The molecule has 0 atom stereocenters. The summed E-state index contributed by atoms with van der Waals surface area (Å²) in [6.07, 6.45) is 0. The third-order valence-corrected chi connectivity index (χ3v) is 9.60. The number of fused-ring (bicyclic) bond motifs is 6. The van der Waals surface area contributed by atoms with E-state index in [-0.39, 0.29) is 0 Å². The van der Waals surface area contributed by atoms with Crippen molar-refractivity contribution in [3.63, 3.8) is 0 Å². The van der Waals surface area contributed by atoms with E-state index >= 15 is 0 Å². The molecule has 7 aromatic carbocycles. The highest BCUT2D eigenvalue weighted by molar-refractivity contribution is 6.11. The molecule has 0 saturated carbocycles. The van der Waals surface area contributed by atoms with Crippen LogP contribution in [0.15, 0.2) is 152 Å². The molecule has 5 nitrogen and oxygen atoms in total. The Hall–Kier alpha value is -7.39. The molecule has 0 spiro atoms. The highest BCUT2D eigenvalue weighted by Crippen LogP contribution is 2.39. The summed E-state index contributed by atoms with van der Waals surface area (Å²) in [6, 6.07) is 57.7. The number of hydrogen-bond donors (Lipinski definition) is 0. The van der Waals surface area contributed by atoms with Gasteiger partial charge in [-0.3, -0.25) is 0 Å². The Morgan fingerprint density at radius 2 is 0.960 bits per heavy atom. The van der Waals surface area contributed by atoms with Crippen LogP contribution in [0.5, 0.6) is 0 Å². The van der Waals surface area contributed by atoms with Crippen LogP contribution >= 0.6 is 0 Å². The van der Waals surface area contributed by atoms with Crippen molar-refractivity contribution < 1.29 is 0 Å². The minimum Gasteiger partial charge on any atom is -0.309 e. The summed E-state index contributed by atoms with van der Waals surface area (Å²) in [4.78, 5) is 0. The van der Waals surface area contributed by atoms with Crippen LogP contribution < -0.4 is 0 Å². The molecule has 0 radical (unpaired) electrons. The van der Waals surface area contributed by atoms with Gasteiger partial charge in [-0.05, 0) is 83.4 Å². The van der Waals surface area contributed by atoms with Crippen LogP contribution in [0.1, 0.15) is 16.7 Å². The molecule has 9 aromatic rings. The molecule has 0 aliphatic rings. The molecule has 5 heteroatoms. The molecular weight excluding hydrogens is 611 g/mol. The number of nitriles is 3. The van der Waals surface area contributed by atoms with E-state index in [0.29, 0.717) is 16.7 Å². The lowest BCUT2D eigenvalue weighted by Gasteiger charge is -2.16. The van der Waals surface area contributed by atoms with Crippen LogP contribution in [0.3, 0.4) is 0 Å². The van der Waals surface area contributed by atoms with Crippen LogP contribution in [0.25, 0.3) is 77.2 Å². The van der Waals surface area contributed by atoms with E-state index in [4.69, 9.17) is 0 Å². The number of aromatic nitrogens is 2. The van der Waals surface area contributed by atoms with E-state index in [9.17, 15) is 15.8 Å². The first-order chi connectivity index (χ1) is 24.7. The average Bonchev–Trinajstić information content (AvgIpc) is 3.70. The Morgan fingerprint density at radius 3 is 1.60 bits per heavy atom. The van der Waals surface area contributed by atoms with Crippen molar-refractivity contribution in [2.75, 3.05) is 0 Å². The maximum atomic E-state index is 10.3. The van der Waals surface area contributed by atoms with Crippen molar-refractivity contribution in [2.45, 2.75) is 0 Å². The lowest BCUT2D eigenvalue weighted by Crippen LogP contribution is -1.99. The number of rotatable bonds is 4. The summed E-state index contributed by atoms with van der Waals surface area (Å²) in [5, 5.41) is 34.4. The Bertz CT molecular complexity index is 2900. The summed E-state index contributed by atoms with van der Waals surface area (Å²) in [7, 11) is 0. The summed E-state index contributed by atoms with van der Waals surface area (Å²) in [5.74, 6) is 0. The minimum atomic E-state index is 0.546. The maximum absolute atomic E-state index is 10.3. The van der Waals surface area contributed by atoms with Gasteiger partial charge in [-0.1, -0.05) is 84.9 Å². The number of nitrogens with zero attached hydrogens (tertiary/aromatic N) is 5. The Morgan fingerprint density at radius 1 is 0.380 bits per heavy atom. The van der Waals surface area contributed by atoms with Crippen LogP contribution in [-0.4, -0.2) is 9.13 Å². The van der Waals surface area contributed by atoms with Crippen molar-refractivity contribution >= 4 is 43.6 Å². The fourth-order valence-electron chi connectivity index (χ4n) is 7.43.